The molecule has 0 aliphatic carbocycles. The van der Waals surface area contributed by atoms with Gasteiger partial charge in [-0.25, -0.2) is 0 Å². The van der Waals surface area contributed by atoms with Gasteiger partial charge in [0.05, 0.1) is 0 Å². The van der Waals surface area contributed by atoms with Crippen molar-refractivity contribution in [2.24, 2.45) is 0 Å². The number of benzene rings is 1. The zero-order valence-corrected chi connectivity index (χ0v) is 18.1. The Balaban J connectivity index is 1.33. The van der Waals surface area contributed by atoms with Crippen molar-refractivity contribution in [3.63, 3.8) is 0 Å². The molecular formula is C20H25N5O2S2. The van der Waals surface area contributed by atoms with Crippen molar-refractivity contribution in [2.75, 3.05) is 35.7 Å². The monoisotopic (exact) mass is 431 g/mol. The van der Waals surface area contributed by atoms with Crippen LogP contribution >= 0.6 is 23.1 Å². The first-order chi connectivity index (χ1) is 14.2. The van der Waals surface area contributed by atoms with Gasteiger partial charge in [-0.1, -0.05) is 23.5 Å². The standard InChI is InChI=1S/C20H25N5O2S2/c1-28-15-8-6-14(7-9-15)10-11-21-18(27)16-4-2-12-24(16)19-22-23-20(29-19)25-13-3-5-17(25)26/h6-9,16H,2-5,10-13H2,1H3,(H,21,27). The van der Waals surface area contributed by atoms with Crippen LogP contribution in [-0.4, -0.2) is 53.9 Å². The third-order valence-electron chi connectivity index (χ3n) is 5.38. The summed E-state index contributed by atoms with van der Waals surface area (Å²) >= 11 is 3.13. The average Bonchev–Trinajstić information content (AvgIpc) is 3.48. The number of thioether (sulfide) groups is 1. The number of carbonyl (C=O) groups is 2. The molecule has 2 amide bonds. The molecule has 2 saturated heterocycles. The van der Waals surface area contributed by atoms with Gasteiger partial charge in [0, 0.05) is 31.0 Å². The van der Waals surface area contributed by atoms with E-state index in [1.807, 2.05) is 4.90 Å². The topological polar surface area (TPSA) is 78.4 Å². The molecule has 3 heterocycles. The third-order valence-corrected chi connectivity index (χ3v) is 7.11. The van der Waals surface area contributed by atoms with Crippen LogP contribution in [0, 0.1) is 0 Å². The largest absolute Gasteiger partial charge is 0.354 e. The van der Waals surface area contributed by atoms with Crippen molar-refractivity contribution in [1.29, 1.82) is 0 Å². The highest BCUT2D eigenvalue weighted by Gasteiger charge is 2.34. The van der Waals surface area contributed by atoms with Crippen LogP contribution in [-0.2, 0) is 16.0 Å². The van der Waals surface area contributed by atoms with Crippen molar-refractivity contribution in [1.82, 2.24) is 15.5 Å². The van der Waals surface area contributed by atoms with E-state index in [0.29, 0.717) is 24.6 Å². The summed E-state index contributed by atoms with van der Waals surface area (Å²) in [5.74, 6) is 0.145. The van der Waals surface area contributed by atoms with Crippen LogP contribution in [0.25, 0.3) is 0 Å². The van der Waals surface area contributed by atoms with Gasteiger partial charge < -0.3 is 10.2 Å². The van der Waals surface area contributed by atoms with Gasteiger partial charge in [-0.05, 0) is 49.6 Å². The van der Waals surface area contributed by atoms with Crippen molar-refractivity contribution in [3.8, 4) is 0 Å². The van der Waals surface area contributed by atoms with E-state index in [9.17, 15) is 9.59 Å². The summed E-state index contributed by atoms with van der Waals surface area (Å²) in [6.07, 6.45) is 6.07. The van der Waals surface area contributed by atoms with E-state index in [1.165, 1.54) is 21.8 Å². The lowest BCUT2D eigenvalue weighted by molar-refractivity contribution is -0.122. The van der Waals surface area contributed by atoms with E-state index < -0.39 is 0 Å². The lowest BCUT2D eigenvalue weighted by atomic mass is 10.1. The van der Waals surface area contributed by atoms with Gasteiger partial charge in [-0.15, -0.1) is 22.0 Å². The highest BCUT2D eigenvalue weighted by molar-refractivity contribution is 7.98. The molecular weight excluding hydrogens is 406 g/mol. The lowest BCUT2D eigenvalue weighted by Gasteiger charge is -2.22. The maximum Gasteiger partial charge on any atom is 0.242 e. The molecule has 0 bridgehead atoms. The van der Waals surface area contributed by atoms with Crippen LogP contribution in [0.2, 0.25) is 0 Å². The number of anilines is 2. The van der Waals surface area contributed by atoms with Crippen LogP contribution in [0.3, 0.4) is 0 Å². The maximum atomic E-state index is 12.8. The SMILES string of the molecule is CSc1ccc(CCNC(=O)C2CCCN2c2nnc(N3CCCC3=O)s2)cc1. The maximum absolute atomic E-state index is 12.8. The van der Waals surface area contributed by atoms with E-state index in [1.54, 1.807) is 16.7 Å². The first kappa shape index (κ1) is 20.2. The Morgan fingerprint density at radius 2 is 2.00 bits per heavy atom. The molecule has 1 aromatic carbocycles. The Bertz CT molecular complexity index is 870. The van der Waals surface area contributed by atoms with E-state index in [0.717, 1.165) is 37.4 Å². The number of nitrogens with zero attached hydrogens (tertiary/aromatic N) is 4. The van der Waals surface area contributed by atoms with E-state index in [-0.39, 0.29) is 17.9 Å². The molecule has 0 saturated carbocycles. The molecule has 2 aromatic rings. The molecule has 2 aliphatic heterocycles. The second-order valence-corrected chi connectivity index (χ2v) is 9.07. The summed E-state index contributed by atoms with van der Waals surface area (Å²) in [5, 5.41) is 12.9. The lowest BCUT2D eigenvalue weighted by Crippen LogP contribution is -2.44. The summed E-state index contributed by atoms with van der Waals surface area (Å²) in [6.45, 7) is 2.11. The quantitative estimate of drug-likeness (QED) is 0.679. The molecule has 9 heteroatoms. The first-order valence-electron chi connectivity index (χ1n) is 9.97. The van der Waals surface area contributed by atoms with Gasteiger partial charge in [0.25, 0.3) is 0 Å². The molecule has 2 fully saturated rings. The molecule has 154 valence electrons. The minimum Gasteiger partial charge on any atom is -0.354 e. The van der Waals surface area contributed by atoms with Gasteiger partial charge in [-0.2, -0.15) is 0 Å². The molecule has 1 unspecified atom stereocenters. The zero-order chi connectivity index (χ0) is 20.2. The Morgan fingerprint density at radius 1 is 1.21 bits per heavy atom. The average molecular weight is 432 g/mol. The predicted octanol–water partition coefficient (Wildman–Crippen LogP) is 2.71. The zero-order valence-electron chi connectivity index (χ0n) is 16.5. The number of aromatic nitrogens is 2. The fraction of sp³-hybridized carbons (Fsp3) is 0.500. The Morgan fingerprint density at radius 3 is 2.72 bits per heavy atom. The Kier molecular flexibility index (Phi) is 6.34. The number of amides is 2. The van der Waals surface area contributed by atoms with Gasteiger partial charge in [0.15, 0.2) is 0 Å². The number of hydrogen-bond acceptors (Lipinski definition) is 7. The molecule has 2 aliphatic rings. The van der Waals surface area contributed by atoms with E-state index >= 15 is 0 Å². The second-order valence-electron chi connectivity index (χ2n) is 7.26. The number of rotatable bonds is 7. The molecule has 4 rings (SSSR count). The highest BCUT2D eigenvalue weighted by atomic mass is 32.2. The predicted molar refractivity (Wildman–Crippen MR) is 117 cm³/mol. The van der Waals surface area contributed by atoms with Crippen molar-refractivity contribution < 1.29 is 9.59 Å². The molecule has 0 spiro atoms. The van der Waals surface area contributed by atoms with Crippen molar-refractivity contribution in [3.05, 3.63) is 29.8 Å². The van der Waals surface area contributed by atoms with Gasteiger partial charge in [0.2, 0.25) is 22.1 Å². The Hall–Kier alpha value is -2.13. The molecule has 7 nitrogen and oxygen atoms in total. The highest BCUT2D eigenvalue weighted by Crippen LogP contribution is 2.33. The van der Waals surface area contributed by atoms with Crippen molar-refractivity contribution in [2.45, 2.75) is 43.0 Å². The minimum atomic E-state index is -0.219. The van der Waals surface area contributed by atoms with Crippen LogP contribution < -0.4 is 15.1 Å². The summed E-state index contributed by atoms with van der Waals surface area (Å²) in [7, 11) is 0. The molecule has 0 radical (unpaired) electrons. The third kappa shape index (κ3) is 4.56. The summed E-state index contributed by atoms with van der Waals surface area (Å²) in [6, 6.07) is 8.23. The summed E-state index contributed by atoms with van der Waals surface area (Å²) in [5.41, 5.74) is 1.22. The van der Waals surface area contributed by atoms with Crippen LogP contribution in [0.1, 0.15) is 31.2 Å². The van der Waals surface area contributed by atoms with Gasteiger partial charge in [-0.3, -0.25) is 14.5 Å². The smallest absolute Gasteiger partial charge is 0.242 e. The molecule has 1 aromatic heterocycles. The van der Waals surface area contributed by atoms with Gasteiger partial charge >= 0.3 is 0 Å². The van der Waals surface area contributed by atoms with Gasteiger partial charge in [0.1, 0.15) is 6.04 Å². The Labute approximate surface area is 178 Å². The second kappa shape index (κ2) is 9.13. The van der Waals surface area contributed by atoms with E-state index in [4.69, 9.17) is 0 Å². The molecule has 1 N–H and O–H groups in total. The van der Waals surface area contributed by atoms with Crippen LogP contribution in [0.4, 0.5) is 10.3 Å². The molecule has 1 atom stereocenters. The number of hydrogen-bond donors (Lipinski definition) is 1. The minimum absolute atomic E-state index is 0.0391. The summed E-state index contributed by atoms with van der Waals surface area (Å²) < 4.78 is 0. The normalized spacial score (nSPS) is 19.2. The van der Waals surface area contributed by atoms with Crippen LogP contribution in [0.15, 0.2) is 29.2 Å². The van der Waals surface area contributed by atoms with Crippen LogP contribution in [0.5, 0.6) is 0 Å². The molecule has 29 heavy (non-hydrogen) atoms. The van der Waals surface area contributed by atoms with E-state index in [2.05, 4.69) is 46.0 Å². The summed E-state index contributed by atoms with van der Waals surface area (Å²) in [4.78, 5) is 29.7. The van der Waals surface area contributed by atoms with Crippen molar-refractivity contribution >= 4 is 45.2 Å². The fourth-order valence-electron chi connectivity index (χ4n) is 3.79. The number of carbonyl (C=O) groups excluding carboxylic acids is 2. The fourth-order valence-corrected chi connectivity index (χ4v) is 5.17. The number of nitrogens with one attached hydrogen (secondary N) is 1. The first-order valence-corrected chi connectivity index (χ1v) is 12.0.